The van der Waals surface area contributed by atoms with Gasteiger partial charge in [-0.05, 0) is 18.9 Å². The van der Waals surface area contributed by atoms with E-state index in [1.165, 1.54) is 11.3 Å². The number of nitrogens with zero attached hydrogens (tertiary/aromatic N) is 2. The Bertz CT molecular complexity index is 510. The highest BCUT2D eigenvalue weighted by Gasteiger charge is 2.24. The molecule has 0 saturated carbocycles. The fraction of sp³-hybridized carbons (Fsp3) is 0.250. The fourth-order valence-corrected chi connectivity index (χ4v) is 2.38. The molecule has 2 aromatic rings. The van der Waals surface area contributed by atoms with Crippen LogP contribution in [0.1, 0.15) is 21.5 Å². The van der Waals surface area contributed by atoms with Crippen LogP contribution in [-0.4, -0.2) is 21.3 Å². The van der Waals surface area contributed by atoms with E-state index in [4.69, 9.17) is 0 Å². The average molecular weight is 248 g/mol. The Morgan fingerprint density at radius 3 is 2.59 bits per heavy atom. The summed E-state index contributed by atoms with van der Waals surface area (Å²) in [7, 11) is 0. The molecule has 17 heavy (non-hydrogen) atoms. The first-order chi connectivity index (χ1) is 8.16. The summed E-state index contributed by atoms with van der Waals surface area (Å²) in [4.78, 5) is 11.3. The molecule has 0 fully saturated rings. The first-order valence-electron chi connectivity index (χ1n) is 5.23. The van der Waals surface area contributed by atoms with E-state index >= 15 is 0 Å². The van der Waals surface area contributed by atoms with Crippen molar-refractivity contribution in [3.8, 4) is 0 Å². The van der Waals surface area contributed by atoms with Crippen molar-refractivity contribution < 1.29 is 9.90 Å². The minimum absolute atomic E-state index is 0.449. The molecule has 1 heterocycles. The predicted octanol–water partition coefficient (Wildman–Crippen LogP) is 2.26. The zero-order valence-corrected chi connectivity index (χ0v) is 10.1. The van der Waals surface area contributed by atoms with Crippen molar-refractivity contribution in [2.45, 2.75) is 19.3 Å². The Morgan fingerprint density at radius 1 is 1.35 bits per heavy atom. The number of benzene rings is 1. The van der Waals surface area contributed by atoms with Gasteiger partial charge in [-0.1, -0.05) is 30.3 Å². The lowest BCUT2D eigenvalue weighted by atomic mass is 10.0. The van der Waals surface area contributed by atoms with Gasteiger partial charge in [0.15, 0.2) is 0 Å². The molecule has 5 heteroatoms. The summed E-state index contributed by atoms with van der Waals surface area (Å²) in [5.41, 5.74) is 0.993. The minimum Gasteiger partial charge on any atom is -0.481 e. The molecule has 1 aromatic heterocycles. The maximum absolute atomic E-state index is 11.3. The van der Waals surface area contributed by atoms with Crippen molar-refractivity contribution in [2.75, 3.05) is 0 Å². The molecule has 0 spiro atoms. The Labute approximate surface area is 103 Å². The fourth-order valence-electron chi connectivity index (χ4n) is 1.58. The number of aryl methyl sites for hydroxylation is 1. The first-order valence-corrected chi connectivity index (χ1v) is 6.05. The molecule has 1 aromatic carbocycles. The van der Waals surface area contributed by atoms with E-state index in [0.717, 1.165) is 10.6 Å². The highest BCUT2D eigenvalue weighted by molar-refractivity contribution is 7.11. The summed E-state index contributed by atoms with van der Waals surface area (Å²) in [6.07, 6.45) is 0.449. The SMILES string of the molecule is Cc1nnc(C(Cc2ccccc2)C(=O)O)s1. The first kappa shape index (κ1) is 11.7. The summed E-state index contributed by atoms with van der Waals surface area (Å²) in [5.74, 6) is -1.46. The van der Waals surface area contributed by atoms with Crippen LogP contribution in [0.15, 0.2) is 30.3 Å². The van der Waals surface area contributed by atoms with Gasteiger partial charge >= 0.3 is 5.97 Å². The van der Waals surface area contributed by atoms with E-state index in [9.17, 15) is 9.90 Å². The van der Waals surface area contributed by atoms with E-state index in [2.05, 4.69) is 10.2 Å². The summed E-state index contributed by atoms with van der Waals surface area (Å²) in [5, 5.41) is 18.4. The van der Waals surface area contributed by atoms with Crippen LogP contribution in [0.3, 0.4) is 0 Å². The van der Waals surface area contributed by atoms with Gasteiger partial charge in [0.1, 0.15) is 15.9 Å². The number of hydrogen-bond donors (Lipinski definition) is 1. The molecular weight excluding hydrogens is 236 g/mol. The summed E-state index contributed by atoms with van der Waals surface area (Å²) >= 11 is 1.34. The molecule has 0 bridgehead atoms. The summed E-state index contributed by atoms with van der Waals surface area (Å²) in [6.45, 7) is 1.82. The zero-order valence-electron chi connectivity index (χ0n) is 9.33. The number of carbonyl (C=O) groups is 1. The second kappa shape index (κ2) is 5.05. The molecule has 1 unspecified atom stereocenters. The van der Waals surface area contributed by atoms with Crippen LogP contribution in [0.2, 0.25) is 0 Å². The Hall–Kier alpha value is -1.75. The van der Waals surface area contributed by atoms with Crippen molar-refractivity contribution in [3.63, 3.8) is 0 Å². The standard InChI is InChI=1S/C12H12N2O2S/c1-8-13-14-11(17-8)10(12(15)16)7-9-5-3-2-4-6-9/h2-6,10H,7H2,1H3,(H,15,16). The molecule has 0 aliphatic heterocycles. The molecular formula is C12H12N2O2S. The van der Waals surface area contributed by atoms with Gasteiger partial charge in [-0.25, -0.2) is 0 Å². The lowest BCUT2D eigenvalue weighted by Gasteiger charge is -2.08. The summed E-state index contributed by atoms with van der Waals surface area (Å²) in [6, 6.07) is 9.56. The van der Waals surface area contributed by atoms with Crippen LogP contribution in [0.25, 0.3) is 0 Å². The monoisotopic (exact) mass is 248 g/mol. The second-order valence-corrected chi connectivity index (χ2v) is 4.95. The quantitative estimate of drug-likeness (QED) is 0.901. The van der Waals surface area contributed by atoms with Gasteiger partial charge in [-0.2, -0.15) is 0 Å². The van der Waals surface area contributed by atoms with Crippen LogP contribution in [0.5, 0.6) is 0 Å². The molecule has 0 saturated heterocycles. The van der Waals surface area contributed by atoms with E-state index in [-0.39, 0.29) is 0 Å². The number of aromatic nitrogens is 2. The van der Waals surface area contributed by atoms with Crippen LogP contribution in [0, 0.1) is 6.92 Å². The molecule has 0 radical (unpaired) electrons. The highest BCUT2D eigenvalue weighted by atomic mass is 32.1. The summed E-state index contributed by atoms with van der Waals surface area (Å²) < 4.78 is 0. The van der Waals surface area contributed by atoms with Gasteiger partial charge in [-0.3, -0.25) is 4.79 Å². The number of aliphatic carboxylic acids is 1. The van der Waals surface area contributed by atoms with E-state index in [0.29, 0.717) is 11.4 Å². The Morgan fingerprint density at radius 2 is 2.06 bits per heavy atom. The number of rotatable bonds is 4. The van der Waals surface area contributed by atoms with Crippen molar-refractivity contribution in [2.24, 2.45) is 0 Å². The van der Waals surface area contributed by atoms with Gasteiger partial charge in [0, 0.05) is 0 Å². The maximum atomic E-state index is 11.3. The maximum Gasteiger partial charge on any atom is 0.313 e. The zero-order chi connectivity index (χ0) is 12.3. The number of carboxylic acid groups (broad SMARTS) is 1. The molecule has 1 N–H and O–H groups in total. The van der Waals surface area contributed by atoms with Crippen LogP contribution in [-0.2, 0) is 11.2 Å². The number of carboxylic acids is 1. The van der Waals surface area contributed by atoms with E-state index in [1.807, 2.05) is 37.3 Å². The molecule has 0 aliphatic carbocycles. The Kier molecular flexibility index (Phi) is 3.49. The predicted molar refractivity (Wildman–Crippen MR) is 65.2 cm³/mol. The lowest BCUT2D eigenvalue weighted by Crippen LogP contribution is -2.14. The highest BCUT2D eigenvalue weighted by Crippen LogP contribution is 2.24. The normalized spacial score (nSPS) is 12.3. The molecule has 0 aliphatic rings. The van der Waals surface area contributed by atoms with E-state index in [1.54, 1.807) is 0 Å². The largest absolute Gasteiger partial charge is 0.481 e. The average Bonchev–Trinajstić information content (AvgIpc) is 2.73. The molecule has 1 atom stereocenters. The van der Waals surface area contributed by atoms with Crippen LogP contribution >= 0.6 is 11.3 Å². The van der Waals surface area contributed by atoms with Gasteiger partial charge in [0.05, 0.1) is 0 Å². The third-order valence-electron chi connectivity index (χ3n) is 2.42. The smallest absolute Gasteiger partial charge is 0.313 e. The van der Waals surface area contributed by atoms with Crippen molar-refractivity contribution in [3.05, 3.63) is 45.9 Å². The Balaban J connectivity index is 2.22. The van der Waals surface area contributed by atoms with Crippen LogP contribution < -0.4 is 0 Å². The molecule has 0 amide bonds. The second-order valence-electron chi connectivity index (χ2n) is 3.74. The third-order valence-corrected chi connectivity index (χ3v) is 3.37. The van der Waals surface area contributed by atoms with Gasteiger partial charge in [0.2, 0.25) is 0 Å². The molecule has 2 rings (SSSR count). The van der Waals surface area contributed by atoms with Crippen molar-refractivity contribution in [1.82, 2.24) is 10.2 Å². The van der Waals surface area contributed by atoms with Gasteiger partial charge in [0.25, 0.3) is 0 Å². The van der Waals surface area contributed by atoms with Crippen LogP contribution in [0.4, 0.5) is 0 Å². The van der Waals surface area contributed by atoms with Crippen molar-refractivity contribution in [1.29, 1.82) is 0 Å². The minimum atomic E-state index is -0.856. The van der Waals surface area contributed by atoms with Crippen molar-refractivity contribution >= 4 is 17.3 Å². The van der Waals surface area contributed by atoms with Gasteiger partial charge in [-0.15, -0.1) is 21.5 Å². The lowest BCUT2D eigenvalue weighted by molar-refractivity contribution is -0.138. The van der Waals surface area contributed by atoms with E-state index < -0.39 is 11.9 Å². The topological polar surface area (TPSA) is 63.1 Å². The third kappa shape index (κ3) is 2.88. The number of hydrogen-bond acceptors (Lipinski definition) is 4. The van der Waals surface area contributed by atoms with Gasteiger partial charge < -0.3 is 5.11 Å². The molecule has 88 valence electrons. The molecule has 4 nitrogen and oxygen atoms in total.